The van der Waals surface area contributed by atoms with Crippen LogP contribution in [-0.2, 0) is 4.79 Å². The van der Waals surface area contributed by atoms with Gasteiger partial charge < -0.3 is 15.5 Å². The molecular formula is C22H24ClF2N3O2. The average molecular weight is 436 g/mol. The number of carbonyl (C=O) groups is 2. The number of amides is 2. The molecule has 0 aromatic heterocycles. The standard InChI is InChI=1S/C22H24ClF2N3O2/c1-13-4-3-5-14(2)28(13)22(30)17-10-15(23)6-8-19(17)26-12-21(29)27-20-9-7-16(24)11-18(20)25/h6-11,13-14,26H,3-5,12H2,1-2H3,(H,27,29)/t13-,14-/m0/s1. The van der Waals surface area contributed by atoms with Crippen molar-refractivity contribution in [1.82, 2.24) is 4.90 Å². The van der Waals surface area contributed by atoms with E-state index in [2.05, 4.69) is 10.6 Å². The summed E-state index contributed by atoms with van der Waals surface area (Å²) in [5.74, 6) is -2.27. The summed E-state index contributed by atoms with van der Waals surface area (Å²) in [5, 5.41) is 5.72. The predicted molar refractivity (Wildman–Crippen MR) is 114 cm³/mol. The van der Waals surface area contributed by atoms with E-state index >= 15 is 0 Å². The van der Waals surface area contributed by atoms with Gasteiger partial charge in [0.25, 0.3) is 5.91 Å². The fourth-order valence-corrected chi connectivity index (χ4v) is 3.94. The molecule has 2 amide bonds. The van der Waals surface area contributed by atoms with E-state index in [0.29, 0.717) is 22.3 Å². The highest BCUT2D eigenvalue weighted by Gasteiger charge is 2.31. The van der Waals surface area contributed by atoms with Crippen molar-refractivity contribution < 1.29 is 18.4 Å². The van der Waals surface area contributed by atoms with Crippen molar-refractivity contribution in [3.8, 4) is 0 Å². The molecular weight excluding hydrogens is 412 g/mol. The van der Waals surface area contributed by atoms with Gasteiger partial charge in [0, 0.05) is 28.9 Å². The highest BCUT2D eigenvalue weighted by Crippen LogP contribution is 2.28. The Morgan fingerprint density at radius 3 is 2.40 bits per heavy atom. The summed E-state index contributed by atoms with van der Waals surface area (Å²) < 4.78 is 26.7. The molecule has 0 spiro atoms. The number of benzene rings is 2. The Bertz CT molecular complexity index is 944. The number of hydrogen-bond acceptors (Lipinski definition) is 3. The number of hydrogen-bond donors (Lipinski definition) is 2. The van der Waals surface area contributed by atoms with Crippen LogP contribution in [0.4, 0.5) is 20.2 Å². The van der Waals surface area contributed by atoms with Crippen molar-refractivity contribution in [3.63, 3.8) is 0 Å². The molecule has 0 bridgehead atoms. The third kappa shape index (κ3) is 5.08. The van der Waals surface area contributed by atoms with Crippen molar-refractivity contribution in [2.75, 3.05) is 17.2 Å². The average Bonchev–Trinajstić information content (AvgIpc) is 2.69. The molecule has 1 aliphatic heterocycles. The van der Waals surface area contributed by atoms with Crippen LogP contribution in [-0.4, -0.2) is 35.3 Å². The Morgan fingerprint density at radius 2 is 1.73 bits per heavy atom. The lowest BCUT2D eigenvalue weighted by molar-refractivity contribution is -0.114. The number of rotatable bonds is 5. The molecule has 2 N–H and O–H groups in total. The first-order chi connectivity index (χ1) is 14.3. The number of nitrogens with zero attached hydrogens (tertiary/aromatic N) is 1. The van der Waals surface area contributed by atoms with E-state index in [-0.39, 0.29) is 30.2 Å². The van der Waals surface area contributed by atoms with Gasteiger partial charge in [-0.15, -0.1) is 0 Å². The molecule has 5 nitrogen and oxygen atoms in total. The van der Waals surface area contributed by atoms with Crippen LogP contribution in [0.5, 0.6) is 0 Å². The molecule has 1 aliphatic rings. The van der Waals surface area contributed by atoms with Gasteiger partial charge >= 0.3 is 0 Å². The first kappa shape index (κ1) is 22.0. The minimum atomic E-state index is -0.862. The topological polar surface area (TPSA) is 61.4 Å². The lowest BCUT2D eigenvalue weighted by atomic mass is 9.96. The van der Waals surface area contributed by atoms with Crippen molar-refractivity contribution in [3.05, 3.63) is 58.6 Å². The molecule has 0 radical (unpaired) electrons. The summed E-state index contributed by atoms with van der Waals surface area (Å²) in [7, 11) is 0. The van der Waals surface area contributed by atoms with E-state index in [4.69, 9.17) is 11.6 Å². The Balaban J connectivity index is 1.73. The fraction of sp³-hybridized carbons (Fsp3) is 0.364. The van der Waals surface area contributed by atoms with Crippen LogP contribution in [0, 0.1) is 11.6 Å². The zero-order valence-corrected chi connectivity index (χ0v) is 17.6. The maximum atomic E-state index is 13.7. The molecule has 0 aliphatic carbocycles. The summed E-state index contributed by atoms with van der Waals surface area (Å²) in [5.41, 5.74) is 0.722. The zero-order chi connectivity index (χ0) is 21.8. The van der Waals surface area contributed by atoms with Crippen molar-refractivity contribution in [1.29, 1.82) is 0 Å². The van der Waals surface area contributed by atoms with E-state index in [1.54, 1.807) is 18.2 Å². The van der Waals surface area contributed by atoms with Gasteiger partial charge in [-0.05, 0) is 63.4 Å². The molecule has 0 saturated carbocycles. The Morgan fingerprint density at radius 1 is 1.07 bits per heavy atom. The molecule has 3 rings (SSSR count). The minimum absolute atomic E-state index is 0.109. The largest absolute Gasteiger partial charge is 0.375 e. The summed E-state index contributed by atoms with van der Waals surface area (Å²) in [6, 6.07) is 7.97. The lowest BCUT2D eigenvalue weighted by Gasteiger charge is -2.39. The van der Waals surface area contributed by atoms with Crippen LogP contribution < -0.4 is 10.6 Å². The van der Waals surface area contributed by atoms with Gasteiger partial charge in [-0.2, -0.15) is 0 Å². The maximum absolute atomic E-state index is 13.7. The first-order valence-electron chi connectivity index (χ1n) is 9.87. The van der Waals surface area contributed by atoms with Crippen molar-refractivity contribution in [2.24, 2.45) is 0 Å². The van der Waals surface area contributed by atoms with Gasteiger partial charge in [0.05, 0.1) is 17.8 Å². The van der Waals surface area contributed by atoms with Crippen LogP contribution in [0.15, 0.2) is 36.4 Å². The summed E-state index contributed by atoms with van der Waals surface area (Å²) in [6.45, 7) is 3.84. The fourth-order valence-electron chi connectivity index (χ4n) is 3.77. The SMILES string of the molecule is C[C@H]1CCC[C@H](C)N1C(=O)c1cc(Cl)ccc1NCC(=O)Nc1ccc(F)cc1F. The van der Waals surface area contributed by atoms with Crippen LogP contribution in [0.1, 0.15) is 43.5 Å². The molecule has 1 heterocycles. The van der Waals surface area contributed by atoms with Gasteiger partial charge in [0.2, 0.25) is 5.91 Å². The van der Waals surface area contributed by atoms with Crippen LogP contribution in [0.2, 0.25) is 5.02 Å². The first-order valence-corrected chi connectivity index (χ1v) is 10.2. The maximum Gasteiger partial charge on any atom is 0.256 e. The Hall–Kier alpha value is -2.67. The normalized spacial score (nSPS) is 18.8. The molecule has 2 aromatic carbocycles. The number of anilines is 2. The van der Waals surface area contributed by atoms with E-state index in [9.17, 15) is 18.4 Å². The molecule has 0 unspecified atom stereocenters. The smallest absolute Gasteiger partial charge is 0.256 e. The zero-order valence-electron chi connectivity index (χ0n) is 16.8. The monoisotopic (exact) mass is 435 g/mol. The molecule has 2 aromatic rings. The molecule has 30 heavy (non-hydrogen) atoms. The molecule has 2 atom stereocenters. The highest BCUT2D eigenvalue weighted by atomic mass is 35.5. The summed E-state index contributed by atoms with van der Waals surface area (Å²) in [4.78, 5) is 27.3. The molecule has 160 valence electrons. The van der Waals surface area contributed by atoms with E-state index in [1.807, 2.05) is 18.7 Å². The number of carbonyl (C=O) groups excluding carboxylic acids is 2. The number of likely N-dealkylation sites (tertiary alicyclic amines) is 1. The third-order valence-electron chi connectivity index (χ3n) is 5.28. The Labute approximate surface area is 179 Å². The lowest BCUT2D eigenvalue weighted by Crippen LogP contribution is -2.47. The van der Waals surface area contributed by atoms with Crippen molar-refractivity contribution in [2.45, 2.75) is 45.2 Å². The van der Waals surface area contributed by atoms with Gasteiger partial charge in [0.1, 0.15) is 11.6 Å². The molecule has 8 heteroatoms. The summed E-state index contributed by atoms with van der Waals surface area (Å²) >= 11 is 6.12. The van der Waals surface area contributed by atoms with Crippen LogP contribution >= 0.6 is 11.6 Å². The van der Waals surface area contributed by atoms with Gasteiger partial charge in [-0.25, -0.2) is 8.78 Å². The number of nitrogens with one attached hydrogen (secondary N) is 2. The van der Waals surface area contributed by atoms with Gasteiger partial charge in [-0.3, -0.25) is 9.59 Å². The summed E-state index contributed by atoms with van der Waals surface area (Å²) in [6.07, 6.45) is 2.95. The minimum Gasteiger partial charge on any atom is -0.375 e. The second-order valence-electron chi connectivity index (χ2n) is 7.56. The van der Waals surface area contributed by atoms with E-state index < -0.39 is 17.5 Å². The van der Waals surface area contributed by atoms with Crippen molar-refractivity contribution >= 4 is 34.8 Å². The van der Waals surface area contributed by atoms with Gasteiger partial charge in [-0.1, -0.05) is 11.6 Å². The van der Waals surface area contributed by atoms with E-state index in [0.717, 1.165) is 31.4 Å². The number of halogens is 3. The Kier molecular flexibility index (Phi) is 6.92. The predicted octanol–water partition coefficient (Wildman–Crippen LogP) is 5.07. The second-order valence-corrected chi connectivity index (χ2v) is 7.99. The number of piperidine rings is 1. The van der Waals surface area contributed by atoms with Crippen LogP contribution in [0.25, 0.3) is 0 Å². The molecule has 1 saturated heterocycles. The second kappa shape index (κ2) is 9.43. The van der Waals surface area contributed by atoms with Gasteiger partial charge in [0.15, 0.2) is 0 Å². The van der Waals surface area contributed by atoms with Crippen LogP contribution in [0.3, 0.4) is 0 Å². The highest BCUT2D eigenvalue weighted by molar-refractivity contribution is 6.31. The van der Waals surface area contributed by atoms with E-state index in [1.165, 1.54) is 0 Å². The third-order valence-corrected chi connectivity index (χ3v) is 5.52. The quantitative estimate of drug-likeness (QED) is 0.689. The molecule has 1 fully saturated rings.